The van der Waals surface area contributed by atoms with E-state index in [1.54, 1.807) is 13.1 Å². The zero-order valence-electron chi connectivity index (χ0n) is 9.93. The number of benzene rings is 1. The number of carboxylic acid groups (broad SMARTS) is 1. The molecule has 0 bridgehead atoms. The molecule has 94 valence electrons. The number of hydrogen-bond acceptors (Lipinski definition) is 3. The van der Waals surface area contributed by atoms with Gasteiger partial charge in [-0.05, 0) is 24.2 Å². The SMILES string of the molecule is CNC(/C=C/C(=O)O)c1ccc2c(c1)CC(=O)N2. The number of carbonyl (C=O) groups is 2. The summed E-state index contributed by atoms with van der Waals surface area (Å²) >= 11 is 0. The van der Waals surface area contributed by atoms with Gasteiger partial charge < -0.3 is 15.7 Å². The topological polar surface area (TPSA) is 78.4 Å². The highest BCUT2D eigenvalue weighted by molar-refractivity contribution is 5.99. The van der Waals surface area contributed by atoms with Crippen LogP contribution in [0.5, 0.6) is 0 Å². The molecule has 5 heteroatoms. The van der Waals surface area contributed by atoms with Gasteiger partial charge in [0.15, 0.2) is 0 Å². The van der Waals surface area contributed by atoms with Crippen LogP contribution in [0.15, 0.2) is 30.4 Å². The van der Waals surface area contributed by atoms with Gasteiger partial charge in [0.2, 0.25) is 5.91 Å². The fourth-order valence-electron chi connectivity index (χ4n) is 2.00. The van der Waals surface area contributed by atoms with Crippen LogP contribution >= 0.6 is 0 Å². The van der Waals surface area contributed by atoms with Gasteiger partial charge >= 0.3 is 5.97 Å². The summed E-state index contributed by atoms with van der Waals surface area (Å²) in [6.45, 7) is 0. The van der Waals surface area contributed by atoms with Crippen LogP contribution < -0.4 is 10.6 Å². The number of carbonyl (C=O) groups excluding carboxylic acids is 1. The first kappa shape index (κ1) is 12.3. The van der Waals surface area contributed by atoms with Crippen LogP contribution in [-0.2, 0) is 16.0 Å². The number of carboxylic acids is 1. The molecular formula is C13H14N2O3. The zero-order valence-corrected chi connectivity index (χ0v) is 9.93. The largest absolute Gasteiger partial charge is 0.478 e. The lowest BCUT2D eigenvalue weighted by Gasteiger charge is -2.13. The monoisotopic (exact) mass is 246 g/mol. The Balaban J connectivity index is 2.25. The first-order valence-corrected chi connectivity index (χ1v) is 5.61. The van der Waals surface area contributed by atoms with Crippen molar-refractivity contribution in [2.24, 2.45) is 0 Å². The predicted molar refractivity (Wildman–Crippen MR) is 67.4 cm³/mol. The summed E-state index contributed by atoms with van der Waals surface area (Å²) in [6.07, 6.45) is 3.06. The van der Waals surface area contributed by atoms with Gasteiger partial charge in [0.05, 0.1) is 12.5 Å². The van der Waals surface area contributed by atoms with E-state index in [9.17, 15) is 9.59 Å². The summed E-state index contributed by atoms with van der Waals surface area (Å²) in [4.78, 5) is 21.8. The van der Waals surface area contributed by atoms with Crippen LogP contribution in [0.25, 0.3) is 0 Å². The molecule has 0 aromatic heterocycles. The van der Waals surface area contributed by atoms with Crippen molar-refractivity contribution < 1.29 is 14.7 Å². The zero-order chi connectivity index (χ0) is 13.1. The molecule has 5 nitrogen and oxygen atoms in total. The quantitative estimate of drug-likeness (QED) is 0.695. The maximum atomic E-state index is 11.2. The normalized spacial score (nSPS) is 15.5. The summed E-state index contributed by atoms with van der Waals surface area (Å²) in [5.41, 5.74) is 2.72. The standard InChI is InChI=1S/C13H14N2O3/c1-14-10(4-5-13(17)18)8-2-3-11-9(6-8)7-12(16)15-11/h2-6,10,14H,7H2,1H3,(H,15,16)(H,17,18)/b5-4+. The molecule has 1 unspecified atom stereocenters. The molecule has 1 aliphatic heterocycles. The van der Waals surface area contributed by atoms with Crippen molar-refractivity contribution in [3.05, 3.63) is 41.5 Å². The van der Waals surface area contributed by atoms with Crippen molar-refractivity contribution in [3.8, 4) is 0 Å². The molecule has 0 aliphatic carbocycles. The number of amides is 1. The fraction of sp³-hybridized carbons (Fsp3) is 0.231. The summed E-state index contributed by atoms with van der Waals surface area (Å²) in [5.74, 6) is -0.988. The van der Waals surface area contributed by atoms with Gasteiger partial charge in [-0.2, -0.15) is 0 Å². The summed E-state index contributed by atoms with van der Waals surface area (Å²) < 4.78 is 0. The van der Waals surface area contributed by atoms with Crippen LogP contribution in [0, 0.1) is 0 Å². The van der Waals surface area contributed by atoms with Crippen molar-refractivity contribution in [1.82, 2.24) is 5.32 Å². The average Bonchev–Trinajstić information content (AvgIpc) is 2.68. The number of aliphatic carboxylic acids is 1. The smallest absolute Gasteiger partial charge is 0.328 e. The number of nitrogens with one attached hydrogen (secondary N) is 2. The minimum atomic E-state index is -0.978. The second kappa shape index (κ2) is 5.01. The molecule has 0 radical (unpaired) electrons. The second-order valence-electron chi connectivity index (χ2n) is 4.11. The molecule has 2 rings (SSSR count). The van der Waals surface area contributed by atoms with Gasteiger partial charge in [0.1, 0.15) is 0 Å². The Labute approximate surface area is 105 Å². The molecule has 1 aromatic carbocycles. The molecule has 1 aromatic rings. The van der Waals surface area contributed by atoms with E-state index in [1.165, 1.54) is 0 Å². The van der Waals surface area contributed by atoms with Crippen molar-refractivity contribution >= 4 is 17.6 Å². The molecule has 1 amide bonds. The van der Waals surface area contributed by atoms with Gasteiger partial charge in [-0.3, -0.25) is 4.79 Å². The minimum absolute atomic E-state index is 0.00997. The van der Waals surface area contributed by atoms with E-state index in [1.807, 2.05) is 18.2 Å². The van der Waals surface area contributed by atoms with Crippen LogP contribution in [0.2, 0.25) is 0 Å². The van der Waals surface area contributed by atoms with E-state index in [4.69, 9.17) is 5.11 Å². The third kappa shape index (κ3) is 2.57. The van der Waals surface area contributed by atoms with Crippen molar-refractivity contribution in [3.63, 3.8) is 0 Å². The third-order valence-electron chi connectivity index (χ3n) is 2.86. The Morgan fingerprint density at radius 2 is 2.33 bits per heavy atom. The number of hydrogen-bond donors (Lipinski definition) is 3. The van der Waals surface area contributed by atoms with Crippen molar-refractivity contribution in [2.75, 3.05) is 12.4 Å². The van der Waals surface area contributed by atoms with Crippen LogP contribution in [0.1, 0.15) is 17.2 Å². The number of rotatable bonds is 4. The Morgan fingerprint density at radius 1 is 1.56 bits per heavy atom. The van der Waals surface area contributed by atoms with Crippen LogP contribution in [0.3, 0.4) is 0 Å². The van der Waals surface area contributed by atoms with Gasteiger partial charge in [-0.1, -0.05) is 18.2 Å². The van der Waals surface area contributed by atoms with Crippen molar-refractivity contribution in [1.29, 1.82) is 0 Å². The van der Waals surface area contributed by atoms with Gasteiger partial charge in [0.25, 0.3) is 0 Å². The molecule has 0 saturated carbocycles. The molecule has 1 aliphatic rings. The Bertz CT molecular complexity index is 523. The summed E-state index contributed by atoms with van der Waals surface area (Å²) in [6, 6.07) is 5.45. The number of likely N-dealkylation sites (N-methyl/N-ethyl adjacent to an activating group) is 1. The maximum Gasteiger partial charge on any atom is 0.328 e. The van der Waals surface area contributed by atoms with Crippen LogP contribution in [0.4, 0.5) is 5.69 Å². The molecule has 18 heavy (non-hydrogen) atoms. The van der Waals surface area contributed by atoms with E-state index in [-0.39, 0.29) is 11.9 Å². The second-order valence-corrected chi connectivity index (χ2v) is 4.11. The summed E-state index contributed by atoms with van der Waals surface area (Å²) in [5, 5.41) is 14.4. The first-order valence-electron chi connectivity index (χ1n) is 5.61. The van der Waals surface area contributed by atoms with E-state index in [0.717, 1.165) is 22.9 Å². The molecular weight excluding hydrogens is 232 g/mol. The van der Waals surface area contributed by atoms with E-state index < -0.39 is 5.97 Å². The highest BCUT2D eigenvalue weighted by Gasteiger charge is 2.18. The Hall–Kier alpha value is -2.14. The molecule has 3 N–H and O–H groups in total. The molecule has 0 saturated heterocycles. The third-order valence-corrected chi connectivity index (χ3v) is 2.86. The average molecular weight is 246 g/mol. The van der Waals surface area contributed by atoms with Gasteiger partial charge in [0, 0.05) is 11.8 Å². The first-order chi connectivity index (χ1) is 8.60. The fourth-order valence-corrected chi connectivity index (χ4v) is 2.00. The predicted octanol–water partition coefficient (Wildman–Crippen LogP) is 1.08. The van der Waals surface area contributed by atoms with Crippen molar-refractivity contribution in [2.45, 2.75) is 12.5 Å². The lowest BCUT2D eigenvalue weighted by molar-refractivity contribution is -0.131. The van der Waals surface area contributed by atoms with Gasteiger partial charge in [-0.15, -0.1) is 0 Å². The lowest BCUT2D eigenvalue weighted by atomic mass is 10.0. The minimum Gasteiger partial charge on any atom is -0.478 e. The summed E-state index contributed by atoms with van der Waals surface area (Å²) in [7, 11) is 1.76. The number of anilines is 1. The van der Waals surface area contributed by atoms with Crippen LogP contribution in [-0.4, -0.2) is 24.0 Å². The maximum absolute atomic E-state index is 11.2. The van der Waals surface area contributed by atoms with E-state index >= 15 is 0 Å². The number of fused-ring (bicyclic) bond motifs is 1. The molecule has 1 heterocycles. The van der Waals surface area contributed by atoms with Gasteiger partial charge in [-0.25, -0.2) is 4.79 Å². The Morgan fingerprint density at radius 3 is 3.00 bits per heavy atom. The molecule has 0 fully saturated rings. The molecule has 1 atom stereocenters. The molecule has 0 spiro atoms. The lowest BCUT2D eigenvalue weighted by Crippen LogP contribution is -2.14. The Kier molecular flexibility index (Phi) is 3.43. The van der Waals surface area contributed by atoms with E-state index in [2.05, 4.69) is 10.6 Å². The van der Waals surface area contributed by atoms with E-state index in [0.29, 0.717) is 6.42 Å². The highest BCUT2D eigenvalue weighted by atomic mass is 16.4. The highest BCUT2D eigenvalue weighted by Crippen LogP contribution is 2.26.